The molecule has 0 amide bonds. The third-order valence-corrected chi connectivity index (χ3v) is 4.61. The maximum absolute atomic E-state index is 13.9. The Hall–Kier alpha value is -2.05. The molecule has 0 radical (unpaired) electrons. The number of nitrogen functional groups attached to an aromatic ring is 1. The molecule has 5 nitrogen and oxygen atoms in total. The summed E-state index contributed by atoms with van der Waals surface area (Å²) in [5, 5.41) is 0. The van der Waals surface area contributed by atoms with Crippen molar-refractivity contribution in [1.82, 2.24) is 19.8 Å². The molecular formula is C18H24FN5. The van der Waals surface area contributed by atoms with Crippen LogP contribution < -0.4 is 5.73 Å². The average molecular weight is 329 g/mol. The number of halogens is 1. The second-order valence-corrected chi connectivity index (χ2v) is 6.49. The van der Waals surface area contributed by atoms with E-state index in [0.29, 0.717) is 18.5 Å². The largest absolute Gasteiger partial charge is 0.368 e. The summed E-state index contributed by atoms with van der Waals surface area (Å²) in [5.41, 5.74) is 7.36. The summed E-state index contributed by atoms with van der Waals surface area (Å²) in [7, 11) is 2.12. The van der Waals surface area contributed by atoms with Crippen LogP contribution >= 0.6 is 0 Å². The van der Waals surface area contributed by atoms with E-state index >= 15 is 0 Å². The molecule has 1 aromatic carbocycles. The van der Waals surface area contributed by atoms with Gasteiger partial charge in [-0.1, -0.05) is 18.2 Å². The number of likely N-dealkylation sites (tertiary alicyclic amines) is 1. The molecule has 0 aliphatic carbocycles. The Morgan fingerprint density at radius 1 is 1.29 bits per heavy atom. The van der Waals surface area contributed by atoms with Crippen LogP contribution in [0, 0.1) is 5.82 Å². The fourth-order valence-electron chi connectivity index (χ4n) is 3.27. The van der Waals surface area contributed by atoms with E-state index in [-0.39, 0.29) is 5.82 Å². The Kier molecular flexibility index (Phi) is 5.37. The van der Waals surface area contributed by atoms with Gasteiger partial charge in [0.2, 0.25) is 5.95 Å². The zero-order valence-electron chi connectivity index (χ0n) is 14.0. The van der Waals surface area contributed by atoms with Gasteiger partial charge in [-0.3, -0.25) is 9.80 Å². The van der Waals surface area contributed by atoms with Crippen LogP contribution in [-0.4, -0.2) is 45.9 Å². The van der Waals surface area contributed by atoms with Gasteiger partial charge in [0.15, 0.2) is 0 Å². The van der Waals surface area contributed by atoms with E-state index in [2.05, 4.69) is 26.8 Å². The van der Waals surface area contributed by atoms with Crippen molar-refractivity contribution in [2.24, 2.45) is 0 Å². The zero-order chi connectivity index (χ0) is 16.9. The molecule has 0 bridgehead atoms. The number of hydrogen-bond donors (Lipinski definition) is 1. The Labute approximate surface area is 142 Å². The molecule has 0 saturated carbocycles. The van der Waals surface area contributed by atoms with Crippen molar-refractivity contribution in [2.75, 3.05) is 25.9 Å². The van der Waals surface area contributed by atoms with Crippen LogP contribution in [0.25, 0.3) is 0 Å². The van der Waals surface area contributed by atoms with E-state index in [1.165, 1.54) is 6.07 Å². The number of rotatable bonds is 5. The number of benzene rings is 1. The molecule has 1 unspecified atom stereocenters. The Morgan fingerprint density at radius 3 is 2.79 bits per heavy atom. The van der Waals surface area contributed by atoms with Crippen molar-refractivity contribution >= 4 is 5.95 Å². The van der Waals surface area contributed by atoms with Crippen LogP contribution in [0.2, 0.25) is 0 Å². The summed E-state index contributed by atoms with van der Waals surface area (Å²) < 4.78 is 13.9. The van der Waals surface area contributed by atoms with Crippen LogP contribution in [-0.2, 0) is 13.1 Å². The highest BCUT2D eigenvalue weighted by Gasteiger charge is 2.23. The number of piperidine rings is 1. The highest BCUT2D eigenvalue weighted by molar-refractivity contribution is 5.18. The first-order chi connectivity index (χ1) is 11.6. The molecule has 24 heavy (non-hydrogen) atoms. The molecule has 1 fully saturated rings. The molecule has 1 aromatic heterocycles. The van der Waals surface area contributed by atoms with E-state index in [1.54, 1.807) is 18.5 Å². The molecule has 3 rings (SSSR count). The van der Waals surface area contributed by atoms with Crippen molar-refractivity contribution in [3.8, 4) is 0 Å². The van der Waals surface area contributed by atoms with E-state index in [0.717, 1.165) is 43.6 Å². The first kappa shape index (κ1) is 16.8. The molecule has 2 aromatic rings. The maximum atomic E-state index is 13.9. The van der Waals surface area contributed by atoms with Crippen molar-refractivity contribution in [1.29, 1.82) is 0 Å². The number of nitrogens with zero attached hydrogens (tertiary/aromatic N) is 4. The quantitative estimate of drug-likeness (QED) is 0.912. The second-order valence-electron chi connectivity index (χ2n) is 6.49. The molecule has 1 aliphatic rings. The zero-order valence-corrected chi connectivity index (χ0v) is 14.0. The van der Waals surface area contributed by atoms with Gasteiger partial charge in [0.05, 0.1) is 0 Å². The smallest absolute Gasteiger partial charge is 0.219 e. The summed E-state index contributed by atoms with van der Waals surface area (Å²) in [6, 6.07) is 7.48. The van der Waals surface area contributed by atoms with Crippen LogP contribution in [0.15, 0.2) is 36.7 Å². The lowest BCUT2D eigenvalue weighted by molar-refractivity contribution is 0.106. The van der Waals surface area contributed by atoms with Crippen LogP contribution in [0.3, 0.4) is 0 Å². The molecule has 1 saturated heterocycles. The molecule has 128 valence electrons. The minimum absolute atomic E-state index is 0.119. The molecular weight excluding hydrogens is 305 g/mol. The molecule has 1 aliphatic heterocycles. The van der Waals surface area contributed by atoms with Crippen molar-refractivity contribution < 1.29 is 4.39 Å². The lowest BCUT2D eigenvalue weighted by Gasteiger charge is -2.37. The SMILES string of the molecule is CN(Cc1cnc(N)nc1)C1CCCN(Cc2ccccc2F)C1. The molecule has 2 N–H and O–H groups in total. The van der Waals surface area contributed by atoms with Crippen LogP contribution in [0.1, 0.15) is 24.0 Å². The number of hydrogen-bond acceptors (Lipinski definition) is 5. The van der Waals surface area contributed by atoms with Gasteiger partial charge in [-0.2, -0.15) is 0 Å². The predicted octanol–water partition coefficient (Wildman–Crippen LogP) is 2.29. The highest BCUT2D eigenvalue weighted by Crippen LogP contribution is 2.19. The van der Waals surface area contributed by atoms with Gasteiger partial charge < -0.3 is 5.73 Å². The summed E-state index contributed by atoms with van der Waals surface area (Å²) in [6.07, 6.45) is 5.83. The number of likely N-dealkylation sites (N-methyl/N-ethyl adjacent to an activating group) is 1. The van der Waals surface area contributed by atoms with Gasteiger partial charge in [-0.05, 0) is 32.5 Å². The van der Waals surface area contributed by atoms with Gasteiger partial charge in [0, 0.05) is 49.2 Å². The minimum atomic E-state index is -0.119. The summed E-state index contributed by atoms with van der Waals surface area (Å²) in [5.74, 6) is 0.183. The first-order valence-corrected chi connectivity index (χ1v) is 8.34. The topological polar surface area (TPSA) is 58.3 Å². The summed E-state index contributed by atoms with van der Waals surface area (Å²) in [6.45, 7) is 3.42. The fourth-order valence-corrected chi connectivity index (χ4v) is 3.27. The molecule has 6 heteroatoms. The standard InChI is InChI=1S/C18H24FN5/c1-23(11-14-9-21-18(20)22-10-14)16-6-4-8-24(13-16)12-15-5-2-3-7-17(15)19/h2-3,5,7,9-10,16H,4,6,8,11-13H2,1H3,(H2,20,21,22). The first-order valence-electron chi connectivity index (χ1n) is 8.34. The predicted molar refractivity (Wildman–Crippen MR) is 92.6 cm³/mol. The lowest BCUT2D eigenvalue weighted by Crippen LogP contribution is -2.45. The van der Waals surface area contributed by atoms with Crippen molar-refractivity contribution in [2.45, 2.75) is 32.0 Å². The van der Waals surface area contributed by atoms with Crippen molar-refractivity contribution in [3.05, 3.63) is 53.6 Å². The van der Waals surface area contributed by atoms with E-state index in [1.807, 2.05) is 12.1 Å². The Balaban J connectivity index is 1.58. The van der Waals surface area contributed by atoms with Crippen LogP contribution in [0.5, 0.6) is 0 Å². The second kappa shape index (κ2) is 7.68. The Bertz CT molecular complexity index is 661. The lowest BCUT2D eigenvalue weighted by atomic mass is 10.0. The van der Waals surface area contributed by atoms with Gasteiger partial charge in [-0.25, -0.2) is 14.4 Å². The van der Waals surface area contributed by atoms with Gasteiger partial charge >= 0.3 is 0 Å². The van der Waals surface area contributed by atoms with Crippen LogP contribution in [0.4, 0.5) is 10.3 Å². The summed E-state index contributed by atoms with van der Waals surface area (Å²) >= 11 is 0. The summed E-state index contributed by atoms with van der Waals surface area (Å²) in [4.78, 5) is 12.7. The van der Waals surface area contributed by atoms with Gasteiger partial charge in [-0.15, -0.1) is 0 Å². The molecule has 0 spiro atoms. The van der Waals surface area contributed by atoms with E-state index in [4.69, 9.17) is 5.73 Å². The van der Waals surface area contributed by atoms with E-state index in [9.17, 15) is 4.39 Å². The number of nitrogens with two attached hydrogens (primary N) is 1. The third-order valence-electron chi connectivity index (χ3n) is 4.61. The van der Waals surface area contributed by atoms with Gasteiger partial charge in [0.25, 0.3) is 0 Å². The molecule has 1 atom stereocenters. The third kappa shape index (κ3) is 4.27. The normalized spacial score (nSPS) is 18.9. The van der Waals surface area contributed by atoms with Crippen molar-refractivity contribution in [3.63, 3.8) is 0 Å². The monoisotopic (exact) mass is 329 g/mol. The number of anilines is 1. The maximum Gasteiger partial charge on any atom is 0.219 e. The average Bonchev–Trinajstić information content (AvgIpc) is 2.59. The van der Waals surface area contributed by atoms with Gasteiger partial charge in [0.1, 0.15) is 5.82 Å². The number of aromatic nitrogens is 2. The minimum Gasteiger partial charge on any atom is -0.368 e. The Morgan fingerprint density at radius 2 is 2.04 bits per heavy atom. The fraction of sp³-hybridized carbons (Fsp3) is 0.444. The molecule has 2 heterocycles. The van der Waals surface area contributed by atoms with E-state index < -0.39 is 0 Å². The highest BCUT2D eigenvalue weighted by atomic mass is 19.1.